The van der Waals surface area contributed by atoms with E-state index in [9.17, 15) is 19.7 Å². The van der Waals surface area contributed by atoms with Gasteiger partial charge in [-0.15, -0.1) is 11.3 Å². The van der Waals surface area contributed by atoms with Crippen molar-refractivity contribution in [3.63, 3.8) is 0 Å². The summed E-state index contributed by atoms with van der Waals surface area (Å²) in [5.41, 5.74) is 0.859. The number of anilines is 1. The molecule has 9 heteroatoms. The van der Waals surface area contributed by atoms with Gasteiger partial charge in [0.05, 0.1) is 18.1 Å². The lowest BCUT2D eigenvalue weighted by molar-refractivity contribution is -0.384. The molecule has 8 nitrogen and oxygen atoms in total. The summed E-state index contributed by atoms with van der Waals surface area (Å²) in [4.78, 5) is 36.8. The third kappa shape index (κ3) is 4.08. The zero-order valence-corrected chi connectivity index (χ0v) is 15.6. The van der Waals surface area contributed by atoms with Crippen molar-refractivity contribution in [2.75, 3.05) is 12.4 Å². The Morgan fingerprint density at radius 1 is 1.30 bits per heavy atom. The van der Waals surface area contributed by atoms with Gasteiger partial charge in [-0.2, -0.15) is 0 Å². The number of amides is 1. The van der Waals surface area contributed by atoms with Gasteiger partial charge in [-0.1, -0.05) is 0 Å². The van der Waals surface area contributed by atoms with Gasteiger partial charge in [0.1, 0.15) is 16.3 Å². The van der Waals surface area contributed by atoms with Crippen LogP contribution in [0.3, 0.4) is 0 Å². The van der Waals surface area contributed by atoms with E-state index in [1.807, 2.05) is 6.07 Å². The Morgan fingerprint density at radius 3 is 2.74 bits per heavy atom. The van der Waals surface area contributed by atoms with Gasteiger partial charge in [0.2, 0.25) is 0 Å². The number of fused-ring (bicyclic) bond motifs is 1. The molecule has 0 saturated heterocycles. The van der Waals surface area contributed by atoms with Crippen LogP contribution in [0.5, 0.6) is 5.75 Å². The first kappa shape index (κ1) is 18.8. The molecule has 3 rings (SSSR count). The molecular weight excluding hydrogens is 372 g/mol. The number of nitro benzene ring substituents is 1. The standard InChI is InChI=1S/C18H18N2O6S/c1-10(26-18(22)16-8-11-4-3-5-15(11)27-16)17(21)19-13-7-6-12(25-2)9-14(13)20(23)24/h6-10H,3-5H2,1-2H3,(H,19,21). The molecule has 0 radical (unpaired) electrons. The van der Waals surface area contributed by atoms with Crippen LogP contribution in [0.1, 0.15) is 33.5 Å². The second-order valence-electron chi connectivity index (χ2n) is 6.09. The summed E-state index contributed by atoms with van der Waals surface area (Å²) < 4.78 is 10.2. The van der Waals surface area contributed by atoms with Crippen LogP contribution in [0.15, 0.2) is 24.3 Å². The van der Waals surface area contributed by atoms with Gasteiger partial charge < -0.3 is 14.8 Å². The second-order valence-corrected chi connectivity index (χ2v) is 7.23. The number of nitrogens with one attached hydrogen (secondary N) is 1. The molecule has 142 valence electrons. The molecule has 1 N–H and O–H groups in total. The lowest BCUT2D eigenvalue weighted by Gasteiger charge is -2.13. The number of methoxy groups -OCH3 is 1. The summed E-state index contributed by atoms with van der Waals surface area (Å²) in [5.74, 6) is -0.924. The van der Waals surface area contributed by atoms with Crippen molar-refractivity contribution in [3.05, 3.63) is 49.7 Å². The summed E-state index contributed by atoms with van der Waals surface area (Å²) in [6.45, 7) is 1.42. The van der Waals surface area contributed by atoms with Gasteiger partial charge in [0.25, 0.3) is 11.6 Å². The van der Waals surface area contributed by atoms with Crippen molar-refractivity contribution in [1.29, 1.82) is 0 Å². The minimum Gasteiger partial charge on any atom is -0.496 e. The van der Waals surface area contributed by atoms with E-state index in [1.165, 1.54) is 48.4 Å². The maximum atomic E-state index is 12.3. The number of hydrogen-bond donors (Lipinski definition) is 1. The van der Waals surface area contributed by atoms with Gasteiger partial charge in [-0.05, 0) is 49.9 Å². The van der Waals surface area contributed by atoms with Crippen LogP contribution in [0.25, 0.3) is 0 Å². The molecule has 1 aromatic carbocycles. The lowest BCUT2D eigenvalue weighted by atomic mass is 10.2. The zero-order valence-electron chi connectivity index (χ0n) is 14.8. The van der Waals surface area contributed by atoms with E-state index in [0.29, 0.717) is 10.6 Å². The fraction of sp³-hybridized carbons (Fsp3) is 0.333. The Bertz CT molecular complexity index is 886. The highest BCUT2D eigenvalue weighted by atomic mass is 32.1. The van der Waals surface area contributed by atoms with Crippen molar-refractivity contribution >= 4 is 34.6 Å². The highest BCUT2D eigenvalue weighted by molar-refractivity contribution is 7.14. The van der Waals surface area contributed by atoms with Gasteiger partial charge in [0.15, 0.2) is 6.10 Å². The molecule has 0 bridgehead atoms. The maximum Gasteiger partial charge on any atom is 0.349 e. The van der Waals surface area contributed by atoms with Crippen molar-refractivity contribution in [2.24, 2.45) is 0 Å². The van der Waals surface area contributed by atoms with Gasteiger partial charge in [0, 0.05) is 4.88 Å². The van der Waals surface area contributed by atoms with E-state index in [1.54, 1.807) is 0 Å². The summed E-state index contributed by atoms with van der Waals surface area (Å²) >= 11 is 1.39. The number of carbonyl (C=O) groups is 2. The smallest absolute Gasteiger partial charge is 0.349 e. The molecule has 1 amide bonds. The molecular formula is C18H18N2O6S. The highest BCUT2D eigenvalue weighted by Gasteiger charge is 2.25. The topological polar surface area (TPSA) is 108 Å². The van der Waals surface area contributed by atoms with Gasteiger partial charge in [-0.25, -0.2) is 4.79 Å². The lowest BCUT2D eigenvalue weighted by Crippen LogP contribution is -2.30. The van der Waals surface area contributed by atoms with E-state index in [0.717, 1.165) is 24.8 Å². The Hall–Kier alpha value is -2.94. The number of aryl methyl sites for hydroxylation is 2. The molecule has 0 saturated carbocycles. The summed E-state index contributed by atoms with van der Waals surface area (Å²) in [5, 5.41) is 13.6. The predicted molar refractivity (Wildman–Crippen MR) is 99.5 cm³/mol. The number of esters is 1. The number of rotatable bonds is 6. The maximum absolute atomic E-state index is 12.3. The third-order valence-electron chi connectivity index (χ3n) is 4.26. The van der Waals surface area contributed by atoms with Crippen molar-refractivity contribution in [3.8, 4) is 5.75 Å². The number of nitrogens with zero attached hydrogens (tertiary/aromatic N) is 1. The number of benzene rings is 1. The third-order valence-corrected chi connectivity index (χ3v) is 5.48. The molecule has 1 atom stereocenters. The second kappa shape index (κ2) is 7.75. The molecule has 1 aliphatic rings. The van der Waals surface area contributed by atoms with Crippen LogP contribution in [0.4, 0.5) is 11.4 Å². The number of carbonyl (C=O) groups excluding carboxylic acids is 2. The normalized spacial score (nSPS) is 13.6. The SMILES string of the molecule is COc1ccc(NC(=O)C(C)OC(=O)c2cc3c(s2)CCC3)c([N+](=O)[O-])c1. The first-order valence-electron chi connectivity index (χ1n) is 8.35. The first-order valence-corrected chi connectivity index (χ1v) is 9.16. The first-order chi connectivity index (χ1) is 12.9. The van der Waals surface area contributed by atoms with Crippen LogP contribution in [-0.4, -0.2) is 30.0 Å². The average Bonchev–Trinajstić information content (AvgIpc) is 3.23. The minimum absolute atomic E-state index is 0.00352. The van der Waals surface area contributed by atoms with E-state index in [4.69, 9.17) is 9.47 Å². The Labute approximate surface area is 159 Å². The molecule has 2 aromatic rings. The molecule has 1 aromatic heterocycles. The van der Waals surface area contributed by atoms with Gasteiger partial charge >= 0.3 is 5.97 Å². The Kier molecular flexibility index (Phi) is 5.41. The number of nitro groups is 1. The van der Waals surface area contributed by atoms with Crippen LogP contribution in [0.2, 0.25) is 0 Å². The highest BCUT2D eigenvalue weighted by Crippen LogP contribution is 2.31. The van der Waals surface area contributed by atoms with Crippen molar-refractivity contribution < 1.29 is 24.0 Å². The molecule has 0 aliphatic heterocycles. The van der Waals surface area contributed by atoms with Crippen LogP contribution in [0, 0.1) is 10.1 Å². The van der Waals surface area contributed by atoms with E-state index >= 15 is 0 Å². The average molecular weight is 390 g/mol. The molecule has 1 unspecified atom stereocenters. The molecule has 1 aliphatic carbocycles. The van der Waals surface area contributed by atoms with Gasteiger partial charge in [-0.3, -0.25) is 14.9 Å². The zero-order chi connectivity index (χ0) is 19.6. The fourth-order valence-corrected chi connectivity index (χ4v) is 3.97. The predicted octanol–water partition coefficient (Wildman–Crippen LogP) is 3.34. The number of thiophene rings is 1. The van der Waals surface area contributed by atoms with Crippen molar-refractivity contribution in [1.82, 2.24) is 0 Å². The van der Waals surface area contributed by atoms with Crippen LogP contribution in [-0.2, 0) is 22.4 Å². The monoisotopic (exact) mass is 390 g/mol. The molecule has 27 heavy (non-hydrogen) atoms. The Morgan fingerprint density at radius 2 is 2.07 bits per heavy atom. The minimum atomic E-state index is -1.10. The quantitative estimate of drug-likeness (QED) is 0.460. The summed E-state index contributed by atoms with van der Waals surface area (Å²) in [7, 11) is 1.39. The van der Waals surface area contributed by atoms with Crippen LogP contribution >= 0.6 is 11.3 Å². The van der Waals surface area contributed by atoms with E-state index in [-0.39, 0.29) is 11.4 Å². The fourth-order valence-electron chi connectivity index (χ4n) is 2.83. The largest absolute Gasteiger partial charge is 0.496 e. The summed E-state index contributed by atoms with van der Waals surface area (Å²) in [6.07, 6.45) is 1.91. The Balaban J connectivity index is 1.67. The molecule has 1 heterocycles. The van der Waals surface area contributed by atoms with Crippen LogP contribution < -0.4 is 10.1 Å². The summed E-state index contributed by atoms with van der Waals surface area (Å²) in [6, 6.07) is 5.88. The molecule has 0 fully saturated rings. The van der Waals surface area contributed by atoms with E-state index < -0.39 is 22.9 Å². The van der Waals surface area contributed by atoms with Crippen molar-refractivity contribution in [2.45, 2.75) is 32.3 Å². The molecule has 0 spiro atoms. The van der Waals surface area contributed by atoms with E-state index in [2.05, 4.69) is 5.32 Å². The number of ether oxygens (including phenoxy) is 2. The number of hydrogen-bond acceptors (Lipinski definition) is 7.